The Bertz CT molecular complexity index is 1140. The van der Waals surface area contributed by atoms with Gasteiger partial charge in [0.05, 0.1) is 16.8 Å². The van der Waals surface area contributed by atoms with Crippen molar-refractivity contribution in [2.24, 2.45) is 0 Å². The number of hydrogen-bond donors (Lipinski definition) is 1. The van der Waals surface area contributed by atoms with E-state index in [0.717, 1.165) is 17.0 Å². The lowest BCUT2D eigenvalue weighted by molar-refractivity contribution is -0.116. The van der Waals surface area contributed by atoms with E-state index in [0.29, 0.717) is 28.1 Å². The number of benzene rings is 3. The molecule has 3 aromatic rings. The van der Waals surface area contributed by atoms with Crippen LogP contribution in [0.2, 0.25) is 0 Å². The van der Waals surface area contributed by atoms with E-state index in [1.165, 1.54) is 12.1 Å². The van der Waals surface area contributed by atoms with E-state index in [-0.39, 0.29) is 18.7 Å². The van der Waals surface area contributed by atoms with Crippen LogP contribution in [0.5, 0.6) is 0 Å². The first kappa shape index (κ1) is 19.4. The van der Waals surface area contributed by atoms with E-state index >= 15 is 0 Å². The number of nitrogens with zero attached hydrogens (tertiary/aromatic N) is 1. The molecular weight excluding hydrogens is 390 g/mol. The Morgan fingerprint density at radius 2 is 1.53 bits per heavy atom. The van der Waals surface area contributed by atoms with Crippen LogP contribution < -0.4 is 10.2 Å². The smallest absolute Gasteiger partial charge is 0.266 e. The predicted octanol–water partition coefficient (Wildman–Crippen LogP) is 4.34. The number of halogens is 2. The van der Waals surface area contributed by atoms with Crippen molar-refractivity contribution in [1.82, 2.24) is 0 Å². The third-order valence-electron chi connectivity index (χ3n) is 4.81. The van der Waals surface area contributed by atoms with Crippen molar-refractivity contribution in [3.8, 4) is 0 Å². The van der Waals surface area contributed by atoms with Gasteiger partial charge in [0, 0.05) is 12.1 Å². The van der Waals surface area contributed by atoms with E-state index in [1.807, 2.05) is 0 Å². The van der Waals surface area contributed by atoms with E-state index in [2.05, 4.69) is 5.32 Å². The highest BCUT2D eigenvalue weighted by molar-refractivity contribution is 6.34. The lowest BCUT2D eigenvalue weighted by Gasteiger charge is -2.15. The maximum Gasteiger partial charge on any atom is 0.266 e. The molecule has 4 rings (SSSR count). The second-order valence-corrected chi connectivity index (χ2v) is 6.84. The zero-order valence-electron chi connectivity index (χ0n) is 15.7. The molecule has 0 saturated heterocycles. The topological polar surface area (TPSA) is 66.5 Å². The number of rotatable bonds is 5. The minimum atomic E-state index is -0.957. The van der Waals surface area contributed by atoms with Crippen molar-refractivity contribution in [2.75, 3.05) is 10.2 Å². The Morgan fingerprint density at radius 1 is 0.833 bits per heavy atom. The van der Waals surface area contributed by atoms with Gasteiger partial charge in [0.1, 0.15) is 0 Å². The van der Waals surface area contributed by atoms with Crippen LogP contribution in [0.25, 0.3) is 0 Å². The van der Waals surface area contributed by atoms with Crippen LogP contribution in [-0.2, 0) is 11.2 Å². The summed E-state index contributed by atoms with van der Waals surface area (Å²) in [6.07, 6.45) is 0.295. The van der Waals surface area contributed by atoms with Crippen LogP contribution in [0.4, 0.5) is 20.2 Å². The second kappa shape index (κ2) is 7.87. The zero-order chi connectivity index (χ0) is 21.3. The number of nitrogens with one attached hydrogen (secondary N) is 1. The zero-order valence-corrected chi connectivity index (χ0v) is 15.7. The van der Waals surface area contributed by atoms with Gasteiger partial charge >= 0.3 is 0 Å². The molecule has 0 bridgehead atoms. The van der Waals surface area contributed by atoms with Crippen LogP contribution in [0.1, 0.15) is 32.7 Å². The van der Waals surface area contributed by atoms with Crippen LogP contribution in [0.3, 0.4) is 0 Å². The number of carbonyl (C=O) groups excluding carboxylic acids is 3. The molecule has 1 aliphatic heterocycles. The number of hydrogen-bond acceptors (Lipinski definition) is 3. The molecule has 0 aromatic heterocycles. The highest BCUT2D eigenvalue weighted by Crippen LogP contribution is 2.29. The van der Waals surface area contributed by atoms with Crippen molar-refractivity contribution < 1.29 is 23.2 Å². The molecule has 0 fully saturated rings. The van der Waals surface area contributed by atoms with Gasteiger partial charge in [-0.2, -0.15) is 0 Å². The van der Waals surface area contributed by atoms with E-state index in [4.69, 9.17) is 0 Å². The minimum Gasteiger partial charge on any atom is -0.326 e. The van der Waals surface area contributed by atoms with Gasteiger partial charge in [-0.3, -0.25) is 14.4 Å². The first-order valence-electron chi connectivity index (χ1n) is 9.26. The summed E-state index contributed by atoms with van der Waals surface area (Å²) >= 11 is 0. The number of aryl methyl sites for hydroxylation is 1. The molecule has 3 amide bonds. The molecule has 3 aromatic carbocycles. The van der Waals surface area contributed by atoms with Crippen molar-refractivity contribution >= 4 is 29.1 Å². The lowest BCUT2D eigenvalue weighted by atomic mass is 10.1. The summed E-state index contributed by atoms with van der Waals surface area (Å²) in [5.74, 6) is -3.07. The molecule has 1 heterocycles. The van der Waals surface area contributed by atoms with E-state index in [9.17, 15) is 23.2 Å². The summed E-state index contributed by atoms with van der Waals surface area (Å²) < 4.78 is 26.3. The maximum absolute atomic E-state index is 13.3. The van der Waals surface area contributed by atoms with Crippen LogP contribution >= 0.6 is 0 Å². The SMILES string of the molecule is O=C(CCc1ccc(F)c(F)c1)Nc1cccc(N2C(=O)c3ccccc3C2=O)c1. The van der Waals surface area contributed by atoms with Crippen LogP contribution in [0, 0.1) is 11.6 Å². The van der Waals surface area contributed by atoms with Gasteiger partial charge in [-0.1, -0.05) is 24.3 Å². The van der Waals surface area contributed by atoms with Crippen molar-refractivity contribution in [2.45, 2.75) is 12.8 Å². The fraction of sp³-hybridized carbons (Fsp3) is 0.0870. The van der Waals surface area contributed by atoms with Gasteiger partial charge in [0.15, 0.2) is 11.6 Å². The van der Waals surface area contributed by atoms with Gasteiger partial charge in [-0.15, -0.1) is 0 Å². The first-order chi connectivity index (χ1) is 14.4. The van der Waals surface area contributed by atoms with Gasteiger partial charge in [0.2, 0.25) is 5.91 Å². The Morgan fingerprint density at radius 3 is 2.20 bits per heavy atom. The number of imide groups is 1. The fourth-order valence-electron chi connectivity index (χ4n) is 3.32. The molecule has 0 unspecified atom stereocenters. The molecular formula is C23H16F2N2O3. The molecule has 150 valence electrons. The Kier molecular flexibility index (Phi) is 5.10. The largest absolute Gasteiger partial charge is 0.326 e. The summed E-state index contributed by atoms with van der Waals surface area (Å²) in [6.45, 7) is 0. The molecule has 0 radical (unpaired) electrons. The Labute approximate surface area is 170 Å². The average molecular weight is 406 g/mol. The van der Waals surface area contributed by atoms with Crippen molar-refractivity contribution in [3.63, 3.8) is 0 Å². The highest BCUT2D eigenvalue weighted by atomic mass is 19.2. The average Bonchev–Trinajstić information content (AvgIpc) is 3.00. The van der Waals surface area contributed by atoms with E-state index in [1.54, 1.807) is 42.5 Å². The summed E-state index contributed by atoms with van der Waals surface area (Å²) in [5.41, 5.74) is 1.94. The third kappa shape index (κ3) is 3.69. The summed E-state index contributed by atoms with van der Waals surface area (Å²) in [4.78, 5) is 38.5. The minimum absolute atomic E-state index is 0.0579. The summed E-state index contributed by atoms with van der Waals surface area (Å²) in [5, 5.41) is 2.70. The Balaban J connectivity index is 1.45. The van der Waals surface area contributed by atoms with Crippen molar-refractivity contribution in [1.29, 1.82) is 0 Å². The third-order valence-corrected chi connectivity index (χ3v) is 4.81. The normalized spacial score (nSPS) is 12.8. The van der Waals surface area contributed by atoms with Gasteiger partial charge in [-0.25, -0.2) is 13.7 Å². The number of anilines is 2. The molecule has 7 heteroatoms. The molecule has 0 aliphatic carbocycles. The molecule has 0 atom stereocenters. The highest BCUT2D eigenvalue weighted by Gasteiger charge is 2.36. The monoisotopic (exact) mass is 406 g/mol. The van der Waals surface area contributed by atoms with Crippen molar-refractivity contribution in [3.05, 3.63) is 95.1 Å². The molecule has 0 spiro atoms. The van der Waals surface area contributed by atoms with Gasteiger partial charge < -0.3 is 5.32 Å². The quantitative estimate of drug-likeness (QED) is 0.641. The molecule has 1 aliphatic rings. The van der Waals surface area contributed by atoms with Gasteiger partial charge in [-0.05, 0) is 54.4 Å². The number of amides is 3. The molecule has 1 N–H and O–H groups in total. The molecule has 5 nitrogen and oxygen atoms in total. The van der Waals surface area contributed by atoms with E-state index < -0.39 is 23.4 Å². The Hall–Kier alpha value is -3.87. The summed E-state index contributed by atoms with van der Waals surface area (Å²) in [7, 11) is 0. The molecule has 30 heavy (non-hydrogen) atoms. The lowest BCUT2D eigenvalue weighted by Crippen LogP contribution is -2.29. The predicted molar refractivity (Wildman–Crippen MR) is 107 cm³/mol. The van der Waals surface area contributed by atoms with Crippen LogP contribution in [-0.4, -0.2) is 17.7 Å². The first-order valence-corrected chi connectivity index (χ1v) is 9.26. The maximum atomic E-state index is 13.3. The van der Waals surface area contributed by atoms with Gasteiger partial charge in [0.25, 0.3) is 11.8 Å². The number of carbonyl (C=O) groups is 3. The van der Waals surface area contributed by atoms with Crippen LogP contribution in [0.15, 0.2) is 66.7 Å². The molecule has 0 saturated carbocycles. The second-order valence-electron chi connectivity index (χ2n) is 6.84. The number of fused-ring (bicyclic) bond motifs is 1. The standard InChI is InChI=1S/C23H16F2N2O3/c24-19-10-8-14(12-20(19)25)9-11-21(28)26-15-4-3-5-16(13-15)27-22(29)17-6-1-2-7-18(17)23(27)30/h1-8,10,12-13H,9,11H2,(H,26,28). The fourth-order valence-corrected chi connectivity index (χ4v) is 3.32. The summed E-state index contributed by atoms with van der Waals surface area (Å²) in [6, 6.07) is 16.5.